The van der Waals surface area contributed by atoms with E-state index in [-0.39, 0.29) is 0 Å². The molecule has 0 fully saturated rings. The molecule has 0 saturated carbocycles. The lowest BCUT2D eigenvalue weighted by Gasteiger charge is -2.09. The third-order valence-corrected chi connectivity index (χ3v) is 7.41. The third kappa shape index (κ3) is 2.60. The van der Waals surface area contributed by atoms with Crippen LogP contribution in [0.15, 0.2) is 121 Å². The number of nitrogens with one attached hydrogen (secondary N) is 1. The summed E-state index contributed by atoms with van der Waals surface area (Å²) in [5.41, 5.74) is 6.77. The van der Waals surface area contributed by atoms with E-state index in [1.54, 1.807) is 0 Å². The molecule has 0 atom stereocenters. The first-order valence-corrected chi connectivity index (χ1v) is 12.2. The smallest absolute Gasteiger partial charge is 0.101 e. The molecule has 0 amide bonds. The number of hydrogen-bond donors (Lipinski definition) is 1. The number of rotatable bonds is 2. The van der Waals surface area contributed by atoms with E-state index >= 15 is 0 Å². The van der Waals surface area contributed by atoms with Gasteiger partial charge in [-0.3, -0.25) is 5.10 Å². The van der Waals surface area contributed by atoms with Gasteiger partial charge in [-0.05, 0) is 46.5 Å². The standard InChI is InChI=1S/C33H21N3/c1-2-10-22(11-3-1)36-29-17-9-8-14-25(29)28-20-21(18-19-30(28)36)32-31-26-15-6-4-12-23(26)24-13-5-7-16-27(24)33(31)35-34-32/h1-20H,(H,34,35). The highest BCUT2D eigenvalue weighted by atomic mass is 15.1. The fraction of sp³-hybridized carbons (Fsp3) is 0. The molecule has 0 radical (unpaired) electrons. The Morgan fingerprint density at radius 2 is 1.11 bits per heavy atom. The van der Waals surface area contributed by atoms with Crippen molar-refractivity contribution < 1.29 is 0 Å². The normalized spacial score (nSPS) is 11.9. The lowest BCUT2D eigenvalue weighted by molar-refractivity contribution is 1.13. The number of H-pyrrole nitrogens is 1. The van der Waals surface area contributed by atoms with Crippen molar-refractivity contribution in [3.8, 4) is 16.9 Å². The topological polar surface area (TPSA) is 33.6 Å². The van der Waals surface area contributed by atoms with Crippen LogP contribution in [0.3, 0.4) is 0 Å². The average molecular weight is 460 g/mol. The minimum Gasteiger partial charge on any atom is -0.309 e. The predicted octanol–water partition coefficient (Wildman–Crippen LogP) is 8.63. The molecular formula is C33H21N3. The molecule has 2 aromatic heterocycles. The molecule has 3 nitrogen and oxygen atoms in total. The Morgan fingerprint density at radius 1 is 0.500 bits per heavy atom. The molecule has 0 aliphatic carbocycles. The Kier molecular flexibility index (Phi) is 3.94. The molecule has 0 aliphatic heterocycles. The first-order valence-electron chi connectivity index (χ1n) is 12.2. The van der Waals surface area contributed by atoms with Gasteiger partial charge in [0.25, 0.3) is 0 Å². The zero-order chi connectivity index (χ0) is 23.6. The Bertz CT molecular complexity index is 2100. The van der Waals surface area contributed by atoms with Crippen LogP contribution in [-0.4, -0.2) is 14.8 Å². The Labute approximate surface area is 207 Å². The van der Waals surface area contributed by atoms with E-state index in [2.05, 4.69) is 131 Å². The van der Waals surface area contributed by atoms with Gasteiger partial charge in [-0.1, -0.05) is 91.0 Å². The number of aromatic amines is 1. The van der Waals surface area contributed by atoms with Crippen molar-refractivity contribution in [2.45, 2.75) is 0 Å². The summed E-state index contributed by atoms with van der Waals surface area (Å²) in [6.45, 7) is 0. The molecule has 0 spiro atoms. The van der Waals surface area contributed by atoms with Gasteiger partial charge in [0.1, 0.15) is 5.69 Å². The Morgan fingerprint density at radius 3 is 1.92 bits per heavy atom. The minimum absolute atomic E-state index is 0.991. The highest BCUT2D eigenvalue weighted by Gasteiger charge is 2.18. The Balaban J connectivity index is 1.47. The number of nitrogens with zero attached hydrogens (tertiary/aromatic N) is 2. The van der Waals surface area contributed by atoms with Crippen molar-refractivity contribution >= 4 is 54.3 Å². The molecule has 6 aromatic carbocycles. The highest BCUT2D eigenvalue weighted by Crippen LogP contribution is 2.40. The second-order valence-corrected chi connectivity index (χ2v) is 9.33. The molecule has 0 aliphatic rings. The molecule has 168 valence electrons. The van der Waals surface area contributed by atoms with Crippen molar-refractivity contribution in [3.63, 3.8) is 0 Å². The van der Waals surface area contributed by atoms with Crippen LogP contribution in [0.25, 0.3) is 71.2 Å². The Hall–Kier alpha value is -4.89. The fourth-order valence-corrected chi connectivity index (χ4v) is 5.86. The maximum absolute atomic E-state index is 4.89. The summed E-state index contributed by atoms with van der Waals surface area (Å²) < 4.78 is 2.35. The molecule has 1 N–H and O–H groups in total. The van der Waals surface area contributed by atoms with Crippen molar-refractivity contribution in [1.29, 1.82) is 0 Å². The van der Waals surface area contributed by atoms with E-state index in [0.717, 1.165) is 16.8 Å². The van der Waals surface area contributed by atoms with Crippen molar-refractivity contribution in [2.24, 2.45) is 0 Å². The summed E-state index contributed by atoms with van der Waals surface area (Å²) in [4.78, 5) is 0. The number of aromatic nitrogens is 3. The summed E-state index contributed by atoms with van der Waals surface area (Å²) in [6, 6.07) is 43.2. The SMILES string of the molecule is c1ccc(-n2c3ccccc3c3cc(-c4n[nH]c5c6ccccc6c6ccccc6c45)ccc32)cc1. The maximum atomic E-state index is 4.89. The first kappa shape index (κ1) is 19.4. The summed E-state index contributed by atoms with van der Waals surface area (Å²) >= 11 is 0. The van der Waals surface area contributed by atoms with Gasteiger partial charge in [-0.25, -0.2) is 0 Å². The van der Waals surface area contributed by atoms with Gasteiger partial charge in [-0.15, -0.1) is 0 Å². The van der Waals surface area contributed by atoms with E-state index in [1.165, 1.54) is 54.4 Å². The molecule has 8 aromatic rings. The molecule has 0 saturated heterocycles. The second kappa shape index (κ2) is 7.30. The highest BCUT2D eigenvalue weighted by molar-refractivity contribution is 6.27. The van der Waals surface area contributed by atoms with Gasteiger partial charge in [-0.2, -0.15) is 5.10 Å². The molecule has 3 heteroatoms. The first-order chi connectivity index (χ1) is 17.9. The summed E-state index contributed by atoms with van der Waals surface area (Å²) in [7, 11) is 0. The van der Waals surface area contributed by atoms with Crippen molar-refractivity contribution in [1.82, 2.24) is 14.8 Å². The number of para-hydroxylation sites is 2. The lowest BCUT2D eigenvalue weighted by Crippen LogP contribution is -1.92. The minimum atomic E-state index is 0.991. The third-order valence-electron chi connectivity index (χ3n) is 7.41. The second-order valence-electron chi connectivity index (χ2n) is 9.33. The van der Waals surface area contributed by atoms with Crippen LogP contribution in [-0.2, 0) is 0 Å². The molecule has 2 heterocycles. The van der Waals surface area contributed by atoms with E-state index < -0.39 is 0 Å². The van der Waals surface area contributed by atoms with Gasteiger partial charge in [0.05, 0.1) is 16.6 Å². The van der Waals surface area contributed by atoms with Crippen molar-refractivity contribution in [2.75, 3.05) is 0 Å². The molecule has 8 rings (SSSR count). The zero-order valence-corrected chi connectivity index (χ0v) is 19.4. The van der Waals surface area contributed by atoms with Crippen LogP contribution in [0, 0.1) is 0 Å². The van der Waals surface area contributed by atoms with E-state index in [0.29, 0.717) is 0 Å². The van der Waals surface area contributed by atoms with E-state index in [4.69, 9.17) is 5.10 Å². The van der Waals surface area contributed by atoms with Crippen LogP contribution in [0.5, 0.6) is 0 Å². The van der Waals surface area contributed by atoms with Crippen molar-refractivity contribution in [3.05, 3.63) is 121 Å². The number of benzene rings is 6. The van der Waals surface area contributed by atoms with Gasteiger partial charge in [0, 0.05) is 32.8 Å². The molecule has 36 heavy (non-hydrogen) atoms. The summed E-state index contributed by atoms with van der Waals surface area (Å²) in [5, 5.41) is 16.8. The average Bonchev–Trinajstić information content (AvgIpc) is 3.54. The predicted molar refractivity (Wildman–Crippen MR) is 151 cm³/mol. The molecule has 0 unspecified atom stereocenters. The molecule has 0 bridgehead atoms. The largest absolute Gasteiger partial charge is 0.309 e. The van der Waals surface area contributed by atoms with Crippen LogP contribution in [0.1, 0.15) is 0 Å². The van der Waals surface area contributed by atoms with E-state index in [1.807, 2.05) is 0 Å². The number of fused-ring (bicyclic) bond motifs is 9. The maximum Gasteiger partial charge on any atom is 0.101 e. The van der Waals surface area contributed by atoms with Crippen LogP contribution in [0.2, 0.25) is 0 Å². The van der Waals surface area contributed by atoms with Crippen LogP contribution < -0.4 is 0 Å². The monoisotopic (exact) mass is 459 g/mol. The van der Waals surface area contributed by atoms with Gasteiger partial charge < -0.3 is 4.57 Å². The van der Waals surface area contributed by atoms with Gasteiger partial charge in [0.2, 0.25) is 0 Å². The quantitative estimate of drug-likeness (QED) is 0.258. The zero-order valence-electron chi connectivity index (χ0n) is 19.4. The lowest BCUT2D eigenvalue weighted by atomic mass is 9.95. The van der Waals surface area contributed by atoms with Gasteiger partial charge in [0.15, 0.2) is 0 Å². The summed E-state index contributed by atoms with van der Waals surface area (Å²) in [6.07, 6.45) is 0. The molecular weight excluding hydrogens is 438 g/mol. The number of hydrogen-bond acceptors (Lipinski definition) is 1. The fourth-order valence-electron chi connectivity index (χ4n) is 5.86. The van der Waals surface area contributed by atoms with Crippen LogP contribution >= 0.6 is 0 Å². The van der Waals surface area contributed by atoms with Gasteiger partial charge >= 0.3 is 0 Å². The van der Waals surface area contributed by atoms with E-state index in [9.17, 15) is 0 Å². The van der Waals surface area contributed by atoms with Crippen LogP contribution in [0.4, 0.5) is 0 Å². The summed E-state index contributed by atoms with van der Waals surface area (Å²) in [5.74, 6) is 0.